The lowest BCUT2D eigenvalue weighted by atomic mass is 10.0. The minimum atomic E-state index is -0.0605. The lowest BCUT2D eigenvalue weighted by Crippen LogP contribution is -2.12. The third kappa shape index (κ3) is 3.31. The quantitative estimate of drug-likeness (QED) is 0.783. The number of nitrogens with one attached hydrogen (secondary N) is 1. The lowest BCUT2D eigenvalue weighted by Gasteiger charge is -2.13. The van der Waals surface area contributed by atoms with Crippen molar-refractivity contribution < 1.29 is 4.79 Å². The Morgan fingerprint density at radius 3 is 3.00 bits per heavy atom. The van der Waals surface area contributed by atoms with Crippen LogP contribution in [-0.4, -0.2) is 15.9 Å². The van der Waals surface area contributed by atoms with Gasteiger partial charge in [0.25, 0.3) is 0 Å². The highest BCUT2D eigenvalue weighted by atomic mass is 16.1. The van der Waals surface area contributed by atoms with E-state index in [1.54, 1.807) is 18.6 Å². The van der Waals surface area contributed by atoms with Crippen LogP contribution in [0.15, 0.2) is 36.8 Å². The van der Waals surface area contributed by atoms with E-state index >= 15 is 0 Å². The van der Waals surface area contributed by atoms with E-state index in [0.29, 0.717) is 6.42 Å². The van der Waals surface area contributed by atoms with Gasteiger partial charge in [0.05, 0.1) is 17.6 Å². The monoisotopic (exact) mass is 296 g/mol. The minimum absolute atomic E-state index is 0.0343. The molecular formula is C17H20N4O. The molecule has 3 heterocycles. The molecule has 0 aromatic carbocycles. The van der Waals surface area contributed by atoms with Crippen LogP contribution in [0, 0.1) is 0 Å². The summed E-state index contributed by atoms with van der Waals surface area (Å²) in [6.45, 7) is 0. The van der Waals surface area contributed by atoms with Crippen molar-refractivity contribution in [1.82, 2.24) is 9.97 Å². The third-order valence-electron chi connectivity index (χ3n) is 3.99. The van der Waals surface area contributed by atoms with Crippen LogP contribution in [0.4, 0.5) is 5.69 Å². The number of anilines is 1. The lowest BCUT2D eigenvalue weighted by molar-refractivity contribution is -0.116. The molecule has 1 amide bonds. The molecule has 0 spiro atoms. The smallest absolute Gasteiger partial charge is 0.224 e. The fourth-order valence-corrected chi connectivity index (χ4v) is 2.75. The summed E-state index contributed by atoms with van der Waals surface area (Å²) in [6, 6.07) is 5.78. The van der Waals surface area contributed by atoms with E-state index in [1.165, 1.54) is 0 Å². The van der Waals surface area contributed by atoms with Crippen molar-refractivity contribution in [3.8, 4) is 11.1 Å². The van der Waals surface area contributed by atoms with Gasteiger partial charge >= 0.3 is 0 Å². The topological polar surface area (TPSA) is 80.9 Å². The number of nitrogens with two attached hydrogens (primary N) is 1. The predicted octanol–water partition coefficient (Wildman–Crippen LogP) is 3.05. The van der Waals surface area contributed by atoms with Gasteiger partial charge < -0.3 is 11.1 Å². The van der Waals surface area contributed by atoms with Gasteiger partial charge in [-0.3, -0.25) is 14.8 Å². The molecule has 1 aliphatic rings. The average molecular weight is 296 g/mol. The Balaban J connectivity index is 2.03. The highest BCUT2D eigenvalue weighted by molar-refractivity contribution is 5.95. The molecule has 2 aromatic heterocycles. The van der Waals surface area contributed by atoms with Gasteiger partial charge in [-0.2, -0.15) is 0 Å². The second kappa shape index (κ2) is 6.66. The van der Waals surface area contributed by atoms with Gasteiger partial charge in [0.1, 0.15) is 0 Å². The van der Waals surface area contributed by atoms with E-state index in [0.717, 1.165) is 48.2 Å². The summed E-state index contributed by atoms with van der Waals surface area (Å²) in [5.74, 6) is 0.0343. The maximum Gasteiger partial charge on any atom is 0.224 e. The zero-order valence-corrected chi connectivity index (χ0v) is 12.5. The van der Waals surface area contributed by atoms with Gasteiger partial charge in [-0.15, -0.1) is 0 Å². The molecule has 0 fully saturated rings. The molecule has 0 radical (unpaired) electrons. The molecule has 2 aromatic rings. The highest BCUT2D eigenvalue weighted by Gasteiger charge is 2.13. The van der Waals surface area contributed by atoms with Gasteiger partial charge in [0.2, 0.25) is 5.91 Å². The molecular weight excluding hydrogens is 276 g/mol. The van der Waals surface area contributed by atoms with E-state index in [4.69, 9.17) is 5.73 Å². The van der Waals surface area contributed by atoms with E-state index in [-0.39, 0.29) is 11.9 Å². The first-order chi connectivity index (χ1) is 10.7. The Labute approximate surface area is 130 Å². The van der Waals surface area contributed by atoms with E-state index < -0.39 is 0 Å². The number of hydrogen-bond donors (Lipinski definition) is 2. The molecule has 0 aliphatic carbocycles. The average Bonchev–Trinajstić information content (AvgIpc) is 2.55. The zero-order chi connectivity index (χ0) is 15.4. The fourth-order valence-electron chi connectivity index (χ4n) is 2.75. The molecule has 5 nitrogen and oxygen atoms in total. The molecule has 1 aliphatic heterocycles. The number of pyridine rings is 2. The summed E-state index contributed by atoms with van der Waals surface area (Å²) in [4.78, 5) is 20.6. The number of rotatable bonds is 0. The number of carbonyl (C=O) groups is 1. The van der Waals surface area contributed by atoms with E-state index in [9.17, 15) is 4.79 Å². The first-order valence-corrected chi connectivity index (χ1v) is 7.70. The van der Waals surface area contributed by atoms with E-state index in [1.807, 2.05) is 18.2 Å². The van der Waals surface area contributed by atoms with Crippen LogP contribution in [0.3, 0.4) is 0 Å². The van der Waals surface area contributed by atoms with Gasteiger partial charge in [0, 0.05) is 30.4 Å². The van der Waals surface area contributed by atoms with Crippen LogP contribution in [0.25, 0.3) is 11.1 Å². The number of hydrogen-bond acceptors (Lipinski definition) is 4. The third-order valence-corrected chi connectivity index (χ3v) is 3.99. The Hall–Kier alpha value is -2.27. The van der Waals surface area contributed by atoms with Crippen LogP contribution < -0.4 is 11.1 Å². The van der Waals surface area contributed by atoms with Crippen molar-refractivity contribution in [2.75, 3.05) is 5.32 Å². The van der Waals surface area contributed by atoms with Gasteiger partial charge in [-0.25, -0.2) is 0 Å². The minimum Gasteiger partial charge on any atom is -0.324 e. The summed E-state index contributed by atoms with van der Waals surface area (Å²) in [5.41, 5.74) is 9.82. The molecule has 0 saturated heterocycles. The zero-order valence-electron chi connectivity index (χ0n) is 12.5. The van der Waals surface area contributed by atoms with Gasteiger partial charge in [0.15, 0.2) is 0 Å². The molecule has 0 unspecified atom stereocenters. The first-order valence-electron chi connectivity index (χ1n) is 7.70. The first kappa shape index (κ1) is 14.7. The SMILES string of the molecule is N[C@H]1CCCCCC(=O)Nc2cnccc2-c2ccnc1c2. The predicted molar refractivity (Wildman–Crippen MR) is 86.1 cm³/mol. The summed E-state index contributed by atoms with van der Waals surface area (Å²) in [5, 5.41) is 2.97. The molecule has 3 N–H and O–H groups in total. The van der Waals surface area contributed by atoms with Crippen LogP contribution in [0.1, 0.15) is 43.8 Å². The van der Waals surface area contributed by atoms with Crippen molar-refractivity contribution in [3.05, 3.63) is 42.5 Å². The second-order valence-corrected chi connectivity index (χ2v) is 5.64. The van der Waals surface area contributed by atoms with E-state index in [2.05, 4.69) is 15.3 Å². The Morgan fingerprint density at radius 1 is 1.18 bits per heavy atom. The highest BCUT2D eigenvalue weighted by Crippen LogP contribution is 2.29. The van der Waals surface area contributed by atoms with Crippen molar-refractivity contribution in [3.63, 3.8) is 0 Å². The summed E-state index contributed by atoms with van der Waals surface area (Å²) >= 11 is 0. The Morgan fingerprint density at radius 2 is 2.09 bits per heavy atom. The maximum absolute atomic E-state index is 12.1. The van der Waals surface area contributed by atoms with Crippen LogP contribution in [-0.2, 0) is 4.79 Å². The Bertz CT molecular complexity index is 671. The number of amides is 1. The normalized spacial score (nSPS) is 19.1. The van der Waals surface area contributed by atoms with Crippen molar-refractivity contribution in [2.24, 2.45) is 5.73 Å². The standard InChI is InChI=1S/C17H20N4O/c18-14-4-2-1-3-5-17(22)21-16-11-19-8-7-13(16)12-6-9-20-15(14)10-12/h6-11,14H,1-5,18H2,(H,21,22)/t14-/m0/s1. The number of nitrogens with zero attached hydrogens (tertiary/aromatic N) is 2. The molecule has 5 heteroatoms. The largest absolute Gasteiger partial charge is 0.324 e. The molecule has 3 rings (SSSR count). The number of fused-ring (bicyclic) bond motifs is 4. The molecule has 2 bridgehead atoms. The fraction of sp³-hybridized carbons (Fsp3) is 0.353. The van der Waals surface area contributed by atoms with Crippen LogP contribution in [0.5, 0.6) is 0 Å². The van der Waals surface area contributed by atoms with Crippen molar-refractivity contribution in [2.45, 2.75) is 38.1 Å². The second-order valence-electron chi connectivity index (χ2n) is 5.64. The van der Waals surface area contributed by atoms with Crippen LogP contribution in [0.2, 0.25) is 0 Å². The van der Waals surface area contributed by atoms with Gasteiger partial charge in [-0.1, -0.05) is 12.8 Å². The van der Waals surface area contributed by atoms with Crippen molar-refractivity contribution >= 4 is 11.6 Å². The summed E-state index contributed by atoms with van der Waals surface area (Å²) in [6.07, 6.45) is 9.49. The maximum atomic E-state index is 12.1. The Kier molecular flexibility index (Phi) is 4.44. The van der Waals surface area contributed by atoms with Gasteiger partial charge in [-0.05, 0) is 36.6 Å². The van der Waals surface area contributed by atoms with Crippen LogP contribution >= 0.6 is 0 Å². The number of aromatic nitrogens is 2. The molecule has 1 atom stereocenters. The number of carbonyl (C=O) groups excluding carboxylic acids is 1. The summed E-state index contributed by atoms with van der Waals surface area (Å²) in [7, 11) is 0. The molecule has 114 valence electrons. The molecule has 22 heavy (non-hydrogen) atoms. The summed E-state index contributed by atoms with van der Waals surface area (Å²) < 4.78 is 0. The van der Waals surface area contributed by atoms with Crippen molar-refractivity contribution in [1.29, 1.82) is 0 Å². The molecule has 0 saturated carbocycles.